The molecule has 0 saturated carbocycles. The monoisotopic (exact) mass is 381 g/mol. The van der Waals surface area contributed by atoms with E-state index in [2.05, 4.69) is 0 Å². The maximum atomic E-state index is 12.7. The number of nitrogen functional groups attached to an aromatic ring is 1. The first-order valence-electron chi connectivity index (χ1n) is 9.42. The normalized spacial score (nSPS) is 15.6. The number of para-hydroxylation sites is 1. The zero-order valence-electron chi connectivity index (χ0n) is 15.6. The first kappa shape index (κ1) is 18.2. The summed E-state index contributed by atoms with van der Waals surface area (Å²) in [6.45, 7) is 2.31. The topological polar surface area (TPSA) is 85.1 Å². The van der Waals surface area contributed by atoms with Crippen molar-refractivity contribution in [2.75, 3.05) is 38.7 Å². The number of fused-ring (bicyclic) bond motifs is 1. The molecule has 1 fully saturated rings. The second kappa shape index (κ2) is 7.80. The summed E-state index contributed by atoms with van der Waals surface area (Å²) in [5, 5.41) is 0. The molecule has 0 unspecified atom stereocenters. The largest absolute Gasteiger partial charge is 0.454 e. The van der Waals surface area contributed by atoms with Crippen molar-refractivity contribution in [3.05, 3.63) is 53.6 Å². The Labute approximate surface area is 163 Å². The first-order chi connectivity index (χ1) is 13.6. The molecular formula is C21H23N3O4. The third-order valence-electron chi connectivity index (χ3n) is 5.20. The number of hydrogen-bond acceptors (Lipinski definition) is 5. The van der Waals surface area contributed by atoms with Gasteiger partial charge in [0.2, 0.25) is 12.7 Å². The van der Waals surface area contributed by atoms with Crippen LogP contribution < -0.4 is 15.2 Å². The van der Waals surface area contributed by atoms with E-state index in [0.717, 1.165) is 11.3 Å². The maximum absolute atomic E-state index is 12.7. The van der Waals surface area contributed by atoms with Crippen LogP contribution >= 0.6 is 0 Å². The number of nitrogens with zero attached hydrogens (tertiary/aromatic N) is 2. The van der Waals surface area contributed by atoms with Gasteiger partial charge in [-0.2, -0.15) is 0 Å². The Hall–Kier alpha value is -3.22. The summed E-state index contributed by atoms with van der Waals surface area (Å²) < 4.78 is 10.6. The number of hydrogen-bond donors (Lipinski definition) is 1. The SMILES string of the molecule is Nc1ccccc1CCC(=O)N1CCN(C(=O)c2ccc3c(c2)OCO3)CC1. The summed E-state index contributed by atoms with van der Waals surface area (Å²) in [6.07, 6.45) is 1.05. The van der Waals surface area contributed by atoms with Crippen LogP contribution in [0.4, 0.5) is 5.69 Å². The number of rotatable bonds is 4. The molecule has 2 aliphatic heterocycles. The maximum Gasteiger partial charge on any atom is 0.254 e. The van der Waals surface area contributed by atoms with Gasteiger partial charge in [-0.05, 0) is 36.2 Å². The van der Waals surface area contributed by atoms with Gasteiger partial charge in [-0.25, -0.2) is 0 Å². The van der Waals surface area contributed by atoms with Gasteiger partial charge in [0, 0.05) is 43.9 Å². The predicted octanol–water partition coefficient (Wildman–Crippen LogP) is 1.91. The second-order valence-corrected chi connectivity index (χ2v) is 6.94. The summed E-state index contributed by atoms with van der Waals surface area (Å²) in [4.78, 5) is 28.8. The molecule has 2 aromatic rings. The van der Waals surface area contributed by atoms with Gasteiger partial charge in [0.25, 0.3) is 5.91 Å². The third kappa shape index (κ3) is 3.74. The second-order valence-electron chi connectivity index (χ2n) is 6.94. The van der Waals surface area contributed by atoms with Gasteiger partial charge in [0.05, 0.1) is 0 Å². The van der Waals surface area contributed by atoms with E-state index in [4.69, 9.17) is 15.2 Å². The lowest BCUT2D eigenvalue weighted by atomic mass is 10.1. The van der Waals surface area contributed by atoms with E-state index in [-0.39, 0.29) is 18.6 Å². The Morgan fingerprint density at radius 2 is 1.64 bits per heavy atom. The van der Waals surface area contributed by atoms with Crippen LogP contribution in [0.2, 0.25) is 0 Å². The number of aryl methyl sites for hydroxylation is 1. The number of anilines is 1. The molecule has 2 heterocycles. The third-order valence-corrected chi connectivity index (χ3v) is 5.20. The molecule has 2 aromatic carbocycles. The minimum absolute atomic E-state index is 0.0533. The van der Waals surface area contributed by atoms with E-state index in [1.54, 1.807) is 23.1 Å². The number of ether oxygens (including phenoxy) is 2. The number of benzene rings is 2. The zero-order chi connectivity index (χ0) is 19.5. The molecule has 0 spiro atoms. The fourth-order valence-corrected chi connectivity index (χ4v) is 3.53. The van der Waals surface area contributed by atoms with E-state index >= 15 is 0 Å². The van der Waals surface area contributed by atoms with Crippen molar-refractivity contribution in [1.29, 1.82) is 0 Å². The molecule has 28 heavy (non-hydrogen) atoms. The van der Waals surface area contributed by atoms with Crippen LogP contribution in [0.25, 0.3) is 0 Å². The number of nitrogens with two attached hydrogens (primary N) is 1. The Morgan fingerprint density at radius 3 is 2.43 bits per heavy atom. The molecule has 2 aliphatic rings. The molecule has 0 aromatic heterocycles. The number of carbonyl (C=O) groups is 2. The molecule has 2 N–H and O–H groups in total. The van der Waals surface area contributed by atoms with Gasteiger partial charge in [-0.1, -0.05) is 18.2 Å². The van der Waals surface area contributed by atoms with E-state index in [1.807, 2.05) is 29.2 Å². The smallest absolute Gasteiger partial charge is 0.254 e. The summed E-state index contributed by atoms with van der Waals surface area (Å²) in [7, 11) is 0. The highest BCUT2D eigenvalue weighted by Crippen LogP contribution is 2.32. The van der Waals surface area contributed by atoms with Crippen LogP contribution in [-0.4, -0.2) is 54.6 Å². The van der Waals surface area contributed by atoms with Gasteiger partial charge in [-0.3, -0.25) is 9.59 Å². The zero-order valence-corrected chi connectivity index (χ0v) is 15.6. The van der Waals surface area contributed by atoms with Crippen LogP contribution in [0.15, 0.2) is 42.5 Å². The first-order valence-corrected chi connectivity index (χ1v) is 9.42. The highest BCUT2D eigenvalue weighted by molar-refractivity contribution is 5.95. The lowest BCUT2D eigenvalue weighted by Crippen LogP contribution is -2.50. The Kier molecular flexibility index (Phi) is 5.06. The Morgan fingerprint density at radius 1 is 0.929 bits per heavy atom. The summed E-state index contributed by atoms with van der Waals surface area (Å²) in [5.74, 6) is 1.30. The molecule has 2 amide bonds. The Balaban J connectivity index is 1.30. The highest BCUT2D eigenvalue weighted by atomic mass is 16.7. The van der Waals surface area contributed by atoms with E-state index in [9.17, 15) is 9.59 Å². The molecule has 7 heteroatoms. The molecule has 0 atom stereocenters. The van der Waals surface area contributed by atoms with Crippen molar-refractivity contribution in [1.82, 2.24) is 9.80 Å². The van der Waals surface area contributed by atoms with Gasteiger partial charge >= 0.3 is 0 Å². The van der Waals surface area contributed by atoms with Crippen molar-refractivity contribution in [2.24, 2.45) is 0 Å². The van der Waals surface area contributed by atoms with Crippen LogP contribution in [0.3, 0.4) is 0 Å². The van der Waals surface area contributed by atoms with Crippen molar-refractivity contribution >= 4 is 17.5 Å². The highest BCUT2D eigenvalue weighted by Gasteiger charge is 2.26. The molecular weight excluding hydrogens is 358 g/mol. The summed E-state index contributed by atoms with van der Waals surface area (Å²) in [5.41, 5.74) is 8.22. The molecule has 1 saturated heterocycles. The van der Waals surface area contributed by atoms with Crippen LogP contribution in [0.1, 0.15) is 22.3 Å². The molecule has 0 radical (unpaired) electrons. The van der Waals surface area contributed by atoms with Crippen molar-refractivity contribution in [3.8, 4) is 11.5 Å². The summed E-state index contributed by atoms with van der Waals surface area (Å²) in [6, 6.07) is 12.8. The van der Waals surface area contributed by atoms with E-state index in [1.165, 1.54) is 0 Å². The van der Waals surface area contributed by atoms with Crippen molar-refractivity contribution < 1.29 is 19.1 Å². The molecule has 0 aliphatic carbocycles. The lowest BCUT2D eigenvalue weighted by Gasteiger charge is -2.35. The van der Waals surface area contributed by atoms with Crippen LogP contribution in [0.5, 0.6) is 11.5 Å². The lowest BCUT2D eigenvalue weighted by molar-refractivity contribution is -0.132. The van der Waals surface area contributed by atoms with Gasteiger partial charge < -0.3 is 25.0 Å². The summed E-state index contributed by atoms with van der Waals surface area (Å²) >= 11 is 0. The van der Waals surface area contributed by atoms with Crippen LogP contribution in [-0.2, 0) is 11.2 Å². The Bertz CT molecular complexity index is 891. The minimum Gasteiger partial charge on any atom is -0.454 e. The van der Waals surface area contributed by atoms with E-state index in [0.29, 0.717) is 56.1 Å². The molecule has 4 rings (SSSR count). The van der Waals surface area contributed by atoms with Gasteiger partial charge in [0.15, 0.2) is 11.5 Å². The standard InChI is InChI=1S/C21H23N3O4/c22-17-4-2-1-3-15(17)6-8-20(25)23-9-11-24(12-10-23)21(26)16-5-7-18-19(13-16)28-14-27-18/h1-5,7,13H,6,8-12,14,22H2. The van der Waals surface area contributed by atoms with Crippen LogP contribution in [0, 0.1) is 0 Å². The van der Waals surface area contributed by atoms with E-state index < -0.39 is 0 Å². The quantitative estimate of drug-likeness (QED) is 0.818. The molecule has 146 valence electrons. The van der Waals surface area contributed by atoms with Crippen molar-refractivity contribution in [2.45, 2.75) is 12.8 Å². The number of carbonyl (C=O) groups excluding carboxylic acids is 2. The fourth-order valence-electron chi connectivity index (χ4n) is 3.53. The predicted molar refractivity (Wildman–Crippen MR) is 104 cm³/mol. The minimum atomic E-state index is -0.0533. The van der Waals surface area contributed by atoms with Gasteiger partial charge in [-0.15, -0.1) is 0 Å². The molecule has 7 nitrogen and oxygen atoms in total. The van der Waals surface area contributed by atoms with Gasteiger partial charge in [0.1, 0.15) is 0 Å². The average Bonchev–Trinajstić information content (AvgIpc) is 3.20. The number of amides is 2. The number of piperazine rings is 1. The molecule has 0 bridgehead atoms. The fraction of sp³-hybridized carbons (Fsp3) is 0.333. The van der Waals surface area contributed by atoms with Crippen molar-refractivity contribution in [3.63, 3.8) is 0 Å². The average molecular weight is 381 g/mol.